The average molecular weight is 290 g/mol. The number of hydrogen-bond acceptors (Lipinski definition) is 5. The van der Waals surface area contributed by atoms with Crippen LogP contribution in [-0.4, -0.2) is 24.0 Å². The molecule has 0 aliphatic rings. The lowest BCUT2D eigenvalue weighted by Crippen LogP contribution is -2.14. The van der Waals surface area contributed by atoms with Gasteiger partial charge in [-0.15, -0.1) is 11.3 Å². The van der Waals surface area contributed by atoms with E-state index in [1.807, 2.05) is 17.5 Å². The van der Waals surface area contributed by atoms with Crippen molar-refractivity contribution >= 4 is 29.0 Å². The van der Waals surface area contributed by atoms with E-state index in [0.717, 1.165) is 4.88 Å². The third kappa shape index (κ3) is 3.89. The smallest absolute Gasteiger partial charge is 0.338 e. The summed E-state index contributed by atoms with van der Waals surface area (Å²) >= 11 is 1.62. The zero-order valence-corrected chi connectivity index (χ0v) is 11.8. The molecule has 0 unspecified atom stereocenters. The van der Waals surface area contributed by atoms with Crippen molar-refractivity contribution in [2.75, 3.05) is 12.4 Å². The van der Waals surface area contributed by atoms with Crippen molar-refractivity contribution in [2.45, 2.75) is 12.8 Å². The topological polar surface area (TPSA) is 68.3 Å². The van der Waals surface area contributed by atoms with Crippen molar-refractivity contribution in [3.05, 3.63) is 46.3 Å². The summed E-state index contributed by atoms with van der Waals surface area (Å²) in [6.07, 6.45) is 2.53. The number of esters is 1. The summed E-state index contributed by atoms with van der Waals surface area (Å²) < 4.78 is 4.61. The fourth-order valence-electron chi connectivity index (χ4n) is 1.64. The Morgan fingerprint density at radius 2 is 2.25 bits per heavy atom. The van der Waals surface area contributed by atoms with E-state index in [1.54, 1.807) is 11.3 Å². The summed E-state index contributed by atoms with van der Waals surface area (Å²) in [5, 5.41) is 4.65. The first kappa shape index (κ1) is 14.2. The standard InChI is InChI=1S/C14H14N2O3S/c1-19-14(18)10-6-7-15-12(9-10)16-13(17)5-4-11-3-2-8-20-11/h2-3,6-9H,4-5H2,1H3,(H,15,16,17). The van der Waals surface area contributed by atoms with E-state index in [0.29, 0.717) is 24.2 Å². The summed E-state index contributed by atoms with van der Waals surface area (Å²) in [7, 11) is 1.31. The molecule has 104 valence electrons. The van der Waals surface area contributed by atoms with Gasteiger partial charge in [-0.3, -0.25) is 4.79 Å². The number of aromatic nitrogens is 1. The Hall–Kier alpha value is -2.21. The number of hydrogen-bond donors (Lipinski definition) is 1. The molecule has 20 heavy (non-hydrogen) atoms. The third-order valence-electron chi connectivity index (χ3n) is 2.63. The molecule has 0 radical (unpaired) electrons. The number of pyridine rings is 1. The van der Waals surface area contributed by atoms with Gasteiger partial charge in [0.1, 0.15) is 5.82 Å². The highest BCUT2D eigenvalue weighted by Gasteiger charge is 2.09. The zero-order valence-electron chi connectivity index (χ0n) is 11.0. The quantitative estimate of drug-likeness (QED) is 0.859. The first-order valence-corrected chi connectivity index (χ1v) is 6.93. The SMILES string of the molecule is COC(=O)c1ccnc(NC(=O)CCc2cccs2)c1. The van der Waals surface area contributed by atoms with E-state index in [2.05, 4.69) is 15.0 Å². The molecule has 0 bridgehead atoms. The van der Waals surface area contributed by atoms with E-state index in [1.165, 1.54) is 25.4 Å². The van der Waals surface area contributed by atoms with Crippen LogP contribution in [0, 0.1) is 0 Å². The number of carbonyl (C=O) groups is 2. The van der Waals surface area contributed by atoms with Gasteiger partial charge >= 0.3 is 5.97 Å². The Morgan fingerprint density at radius 3 is 2.95 bits per heavy atom. The van der Waals surface area contributed by atoms with E-state index in [4.69, 9.17) is 0 Å². The molecule has 6 heteroatoms. The molecule has 2 aromatic rings. The lowest BCUT2D eigenvalue weighted by molar-refractivity contribution is -0.116. The number of rotatable bonds is 5. The molecule has 0 spiro atoms. The number of ether oxygens (including phenoxy) is 1. The third-order valence-corrected chi connectivity index (χ3v) is 3.56. The van der Waals surface area contributed by atoms with Gasteiger partial charge in [-0.2, -0.15) is 0 Å². The molecular weight excluding hydrogens is 276 g/mol. The largest absolute Gasteiger partial charge is 0.465 e. The van der Waals surface area contributed by atoms with Crippen molar-refractivity contribution in [1.82, 2.24) is 4.98 Å². The lowest BCUT2D eigenvalue weighted by Gasteiger charge is -2.05. The van der Waals surface area contributed by atoms with E-state index >= 15 is 0 Å². The van der Waals surface area contributed by atoms with Crippen LogP contribution < -0.4 is 5.32 Å². The van der Waals surface area contributed by atoms with Crippen molar-refractivity contribution in [1.29, 1.82) is 0 Å². The molecular formula is C14H14N2O3S. The van der Waals surface area contributed by atoms with Gasteiger partial charge in [0.25, 0.3) is 0 Å². The van der Waals surface area contributed by atoms with Gasteiger partial charge in [0.05, 0.1) is 12.7 Å². The highest BCUT2D eigenvalue weighted by Crippen LogP contribution is 2.12. The Bertz CT molecular complexity index is 596. The van der Waals surface area contributed by atoms with E-state index in [9.17, 15) is 9.59 Å². The predicted octanol–water partition coefficient (Wildman–Crippen LogP) is 2.50. The molecule has 1 N–H and O–H groups in total. The second-order valence-corrected chi connectivity index (χ2v) is 5.08. The van der Waals surface area contributed by atoms with Crippen LogP contribution in [0.5, 0.6) is 0 Å². The Labute approximate surface area is 120 Å². The molecule has 5 nitrogen and oxygen atoms in total. The maximum atomic E-state index is 11.8. The van der Waals surface area contributed by atoms with Crippen LogP contribution in [-0.2, 0) is 16.0 Å². The number of anilines is 1. The van der Waals surface area contributed by atoms with E-state index in [-0.39, 0.29) is 5.91 Å². The molecule has 0 fully saturated rings. The monoisotopic (exact) mass is 290 g/mol. The molecule has 2 rings (SSSR count). The second-order valence-electron chi connectivity index (χ2n) is 4.05. The van der Waals surface area contributed by atoms with Gasteiger partial charge in [0, 0.05) is 17.5 Å². The number of methoxy groups -OCH3 is 1. The van der Waals surface area contributed by atoms with Gasteiger partial charge in [-0.1, -0.05) is 6.07 Å². The average Bonchev–Trinajstić information content (AvgIpc) is 2.98. The van der Waals surface area contributed by atoms with Gasteiger partial charge in [-0.05, 0) is 30.0 Å². The van der Waals surface area contributed by atoms with Gasteiger partial charge in [0.15, 0.2) is 0 Å². The summed E-state index contributed by atoms with van der Waals surface area (Å²) in [6.45, 7) is 0. The molecule has 0 atom stereocenters. The predicted molar refractivity (Wildman–Crippen MR) is 76.8 cm³/mol. The molecule has 2 aromatic heterocycles. The minimum atomic E-state index is -0.457. The van der Waals surface area contributed by atoms with E-state index < -0.39 is 5.97 Å². The minimum Gasteiger partial charge on any atom is -0.465 e. The van der Waals surface area contributed by atoms with Crippen molar-refractivity contribution < 1.29 is 14.3 Å². The van der Waals surface area contributed by atoms with Crippen molar-refractivity contribution in [2.24, 2.45) is 0 Å². The van der Waals surface area contributed by atoms with Crippen LogP contribution in [0.15, 0.2) is 35.8 Å². The van der Waals surface area contributed by atoms with Crippen LogP contribution in [0.4, 0.5) is 5.82 Å². The summed E-state index contributed by atoms with van der Waals surface area (Å²) in [4.78, 5) is 28.3. The maximum absolute atomic E-state index is 11.8. The number of amides is 1. The first-order chi connectivity index (χ1) is 9.69. The molecule has 0 aromatic carbocycles. The fourth-order valence-corrected chi connectivity index (χ4v) is 2.35. The molecule has 1 amide bonds. The fraction of sp³-hybridized carbons (Fsp3) is 0.214. The van der Waals surface area contributed by atoms with Crippen LogP contribution in [0.1, 0.15) is 21.7 Å². The van der Waals surface area contributed by atoms with Gasteiger partial charge < -0.3 is 10.1 Å². The van der Waals surface area contributed by atoms with Crippen molar-refractivity contribution in [3.63, 3.8) is 0 Å². The summed E-state index contributed by atoms with van der Waals surface area (Å²) in [5.41, 5.74) is 0.357. The molecule has 0 saturated heterocycles. The minimum absolute atomic E-state index is 0.132. The lowest BCUT2D eigenvalue weighted by atomic mass is 10.2. The normalized spacial score (nSPS) is 10.1. The zero-order chi connectivity index (χ0) is 14.4. The highest BCUT2D eigenvalue weighted by atomic mass is 32.1. The number of carbonyl (C=O) groups excluding carboxylic acids is 2. The molecule has 2 heterocycles. The Morgan fingerprint density at radius 1 is 1.40 bits per heavy atom. The first-order valence-electron chi connectivity index (χ1n) is 6.05. The molecule has 0 aliphatic carbocycles. The number of thiophene rings is 1. The van der Waals surface area contributed by atoms with Crippen LogP contribution in [0.3, 0.4) is 0 Å². The van der Waals surface area contributed by atoms with Gasteiger partial charge in [0.2, 0.25) is 5.91 Å². The van der Waals surface area contributed by atoms with Crippen LogP contribution >= 0.6 is 11.3 Å². The van der Waals surface area contributed by atoms with Gasteiger partial charge in [-0.25, -0.2) is 9.78 Å². The maximum Gasteiger partial charge on any atom is 0.338 e. The second kappa shape index (κ2) is 6.81. The Balaban J connectivity index is 1.92. The highest BCUT2D eigenvalue weighted by molar-refractivity contribution is 7.09. The van der Waals surface area contributed by atoms with Crippen LogP contribution in [0.25, 0.3) is 0 Å². The number of aryl methyl sites for hydroxylation is 1. The number of nitrogens with one attached hydrogen (secondary N) is 1. The van der Waals surface area contributed by atoms with Crippen molar-refractivity contribution in [3.8, 4) is 0 Å². The van der Waals surface area contributed by atoms with Crippen LogP contribution in [0.2, 0.25) is 0 Å². The molecule has 0 saturated carbocycles. The number of nitrogens with zero attached hydrogens (tertiary/aromatic N) is 1. The summed E-state index contributed by atoms with van der Waals surface area (Å²) in [5.74, 6) is -0.238. The molecule has 0 aliphatic heterocycles. The Kier molecular flexibility index (Phi) is 4.84. The summed E-state index contributed by atoms with van der Waals surface area (Å²) in [6, 6.07) is 6.98.